The normalized spacial score (nSPS) is 15.6. The first-order valence-electron chi connectivity index (χ1n) is 9.04. The van der Waals surface area contributed by atoms with Gasteiger partial charge >= 0.3 is 11.9 Å². The fourth-order valence-corrected chi connectivity index (χ4v) is 3.44. The second-order valence-corrected chi connectivity index (χ2v) is 6.67. The largest absolute Gasteiger partial charge is 0.478 e. The maximum atomic E-state index is 12.9. The first-order chi connectivity index (χ1) is 13.9. The van der Waals surface area contributed by atoms with Crippen LogP contribution < -0.4 is 0 Å². The summed E-state index contributed by atoms with van der Waals surface area (Å²) in [5, 5.41) is 16.5. The van der Waals surface area contributed by atoms with Gasteiger partial charge in [-0.15, -0.1) is 0 Å². The average molecular weight is 396 g/mol. The quantitative estimate of drug-likeness (QED) is 0.455. The molecule has 0 bridgehead atoms. The highest BCUT2D eigenvalue weighted by Crippen LogP contribution is 2.31. The summed E-state index contributed by atoms with van der Waals surface area (Å²) < 4.78 is 5.72. The lowest BCUT2D eigenvalue weighted by Crippen LogP contribution is -2.23. The zero-order chi connectivity index (χ0) is 21.0. The third-order valence-corrected chi connectivity index (χ3v) is 4.75. The summed E-state index contributed by atoms with van der Waals surface area (Å²) in [5.41, 5.74) is 3.74. The van der Waals surface area contributed by atoms with Crippen LogP contribution in [0.1, 0.15) is 33.9 Å². The molecule has 0 aliphatic heterocycles. The fourth-order valence-electron chi connectivity index (χ4n) is 3.44. The number of aromatic amines is 1. The number of carboxylic acids is 2. The molecule has 2 aromatic heterocycles. The number of Topliss-reactive ketones (excluding diaryl/α,β-unsaturated/α-hetero) is 1. The minimum atomic E-state index is -1.26. The smallest absolute Gasteiger partial charge is 0.328 e. The van der Waals surface area contributed by atoms with Crippen molar-refractivity contribution in [2.45, 2.75) is 26.2 Å². The number of nitrogens with one attached hydrogen (secondary N) is 1. The maximum absolute atomic E-state index is 12.9. The lowest BCUT2D eigenvalue weighted by atomic mass is 9.83. The van der Waals surface area contributed by atoms with Gasteiger partial charge in [0.05, 0.1) is 17.6 Å². The number of rotatable bonds is 4. The molecule has 150 valence electrons. The Bertz CT molecular complexity index is 1080. The average Bonchev–Trinajstić information content (AvgIpc) is 3.28. The molecule has 1 atom stereocenters. The van der Waals surface area contributed by atoms with Crippen molar-refractivity contribution in [2.75, 3.05) is 0 Å². The van der Waals surface area contributed by atoms with E-state index in [0.29, 0.717) is 17.9 Å². The van der Waals surface area contributed by atoms with Crippen LogP contribution in [-0.2, 0) is 22.4 Å². The van der Waals surface area contributed by atoms with Crippen molar-refractivity contribution >= 4 is 28.7 Å². The molecule has 1 aliphatic rings. The van der Waals surface area contributed by atoms with Gasteiger partial charge in [-0.2, -0.15) is 0 Å². The number of para-hydroxylation sites is 1. The van der Waals surface area contributed by atoms with Crippen LogP contribution in [0, 0.1) is 12.8 Å². The number of carboxylic acid groups (broad SMARTS) is 2. The van der Waals surface area contributed by atoms with Crippen molar-refractivity contribution in [3.05, 3.63) is 65.5 Å². The number of aromatic nitrogens is 2. The molecule has 0 fully saturated rings. The molecule has 1 aliphatic carbocycles. The topological polar surface area (TPSA) is 133 Å². The molecular weight excluding hydrogens is 376 g/mol. The summed E-state index contributed by atoms with van der Waals surface area (Å²) in [5.74, 6) is -1.61. The minimum Gasteiger partial charge on any atom is -0.478 e. The van der Waals surface area contributed by atoms with Gasteiger partial charge in [-0.3, -0.25) is 4.79 Å². The number of carbonyl (C=O) groups excluding carboxylic acids is 1. The number of aliphatic carboxylic acids is 2. The monoisotopic (exact) mass is 396 g/mol. The maximum Gasteiger partial charge on any atom is 0.328 e. The number of hydrogen-bond acceptors (Lipinski definition) is 5. The van der Waals surface area contributed by atoms with Crippen LogP contribution in [-0.4, -0.2) is 37.9 Å². The number of aryl methyl sites for hydroxylation is 2. The number of ketones is 1. The zero-order valence-corrected chi connectivity index (χ0v) is 15.7. The lowest BCUT2D eigenvalue weighted by molar-refractivity contribution is -0.134. The predicted octanol–water partition coefficient (Wildman–Crippen LogP) is 3.16. The van der Waals surface area contributed by atoms with Gasteiger partial charge in [0.1, 0.15) is 11.3 Å². The number of imidazole rings is 1. The van der Waals surface area contributed by atoms with Crippen molar-refractivity contribution < 1.29 is 29.0 Å². The van der Waals surface area contributed by atoms with E-state index in [1.807, 2.05) is 31.2 Å². The number of H-pyrrole nitrogens is 1. The van der Waals surface area contributed by atoms with Crippen LogP contribution in [0.15, 0.2) is 47.2 Å². The van der Waals surface area contributed by atoms with Crippen LogP contribution >= 0.6 is 0 Å². The molecule has 1 unspecified atom stereocenters. The number of hydrogen-bond donors (Lipinski definition) is 3. The van der Waals surface area contributed by atoms with Gasteiger partial charge < -0.3 is 19.6 Å². The van der Waals surface area contributed by atoms with Crippen molar-refractivity contribution in [1.82, 2.24) is 9.97 Å². The first kappa shape index (κ1) is 20.1. The summed E-state index contributed by atoms with van der Waals surface area (Å²) in [7, 11) is 0. The number of nitrogens with zero attached hydrogens (tertiary/aromatic N) is 1. The standard InChI is InChI=1S/C17H16N2O2.C4H4O4/c1-10-16(12-4-2-3-5-15(12)21-10)17(20)11-6-7-13-14(8-11)19-9-18-13;5-3(6)1-2-4(7)8/h2-5,9,11H,6-8H2,1H3,(H,18,19);1-2H,(H,5,6)(H,7,8)/b;2-1+. The molecule has 0 spiro atoms. The second-order valence-electron chi connectivity index (χ2n) is 6.67. The van der Waals surface area contributed by atoms with E-state index in [9.17, 15) is 14.4 Å². The molecule has 4 rings (SSSR count). The Kier molecular flexibility index (Phi) is 5.92. The Morgan fingerprint density at radius 3 is 2.55 bits per heavy atom. The van der Waals surface area contributed by atoms with Crippen LogP contribution in [0.3, 0.4) is 0 Å². The van der Waals surface area contributed by atoms with Crippen molar-refractivity contribution in [2.24, 2.45) is 5.92 Å². The van der Waals surface area contributed by atoms with Gasteiger partial charge in [0.25, 0.3) is 0 Å². The Balaban J connectivity index is 0.000000258. The van der Waals surface area contributed by atoms with Crippen LogP contribution in [0.25, 0.3) is 11.0 Å². The summed E-state index contributed by atoms with van der Waals surface area (Å²) >= 11 is 0. The number of fused-ring (bicyclic) bond motifs is 2. The Morgan fingerprint density at radius 2 is 1.86 bits per heavy atom. The van der Waals surface area contributed by atoms with Gasteiger partial charge in [-0.25, -0.2) is 14.6 Å². The molecular formula is C21H20N2O6. The summed E-state index contributed by atoms with van der Waals surface area (Å²) in [4.78, 5) is 39.5. The molecule has 2 heterocycles. The van der Waals surface area contributed by atoms with Crippen molar-refractivity contribution in [3.8, 4) is 0 Å². The van der Waals surface area contributed by atoms with Gasteiger partial charge in [-0.1, -0.05) is 18.2 Å². The van der Waals surface area contributed by atoms with Gasteiger partial charge in [0.2, 0.25) is 0 Å². The second kappa shape index (κ2) is 8.55. The number of carbonyl (C=O) groups is 3. The van der Waals surface area contributed by atoms with E-state index >= 15 is 0 Å². The molecule has 0 radical (unpaired) electrons. The molecule has 0 saturated carbocycles. The minimum absolute atomic E-state index is 0.000469. The molecule has 0 saturated heterocycles. The predicted molar refractivity (Wildman–Crippen MR) is 104 cm³/mol. The zero-order valence-electron chi connectivity index (χ0n) is 15.7. The van der Waals surface area contributed by atoms with Crippen LogP contribution in [0.4, 0.5) is 0 Å². The first-order valence-corrected chi connectivity index (χ1v) is 9.04. The van der Waals surface area contributed by atoms with E-state index in [1.54, 1.807) is 6.33 Å². The third-order valence-electron chi connectivity index (χ3n) is 4.75. The van der Waals surface area contributed by atoms with Crippen molar-refractivity contribution in [3.63, 3.8) is 0 Å². The highest BCUT2D eigenvalue weighted by atomic mass is 16.4. The van der Waals surface area contributed by atoms with Crippen LogP contribution in [0.2, 0.25) is 0 Å². The molecule has 29 heavy (non-hydrogen) atoms. The number of furan rings is 1. The van der Waals surface area contributed by atoms with E-state index < -0.39 is 11.9 Å². The van der Waals surface area contributed by atoms with E-state index in [1.165, 1.54) is 5.69 Å². The van der Waals surface area contributed by atoms with E-state index in [2.05, 4.69) is 9.97 Å². The molecule has 3 aromatic rings. The fraction of sp³-hybridized carbons (Fsp3) is 0.238. The Morgan fingerprint density at radius 1 is 1.17 bits per heavy atom. The Labute approximate surface area is 165 Å². The van der Waals surface area contributed by atoms with E-state index in [-0.39, 0.29) is 11.7 Å². The molecule has 8 nitrogen and oxygen atoms in total. The molecule has 3 N–H and O–H groups in total. The third kappa shape index (κ3) is 4.60. The highest BCUT2D eigenvalue weighted by molar-refractivity contribution is 6.09. The van der Waals surface area contributed by atoms with Gasteiger partial charge in [-0.05, 0) is 25.8 Å². The lowest BCUT2D eigenvalue weighted by Gasteiger charge is -2.19. The van der Waals surface area contributed by atoms with Crippen molar-refractivity contribution in [1.29, 1.82) is 0 Å². The van der Waals surface area contributed by atoms with E-state index in [0.717, 1.165) is 41.5 Å². The Hall–Kier alpha value is -3.68. The molecule has 1 aromatic carbocycles. The molecule has 8 heteroatoms. The van der Waals surface area contributed by atoms with Gasteiger partial charge in [0, 0.05) is 35.6 Å². The SMILES string of the molecule is Cc1oc2ccccc2c1C(=O)C1CCc2[nH]cnc2C1.O=C(O)/C=C/C(=O)O. The van der Waals surface area contributed by atoms with E-state index in [4.69, 9.17) is 14.6 Å². The molecule has 0 amide bonds. The summed E-state index contributed by atoms with van der Waals surface area (Å²) in [6.07, 6.45) is 5.31. The number of benzene rings is 1. The highest BCUT2D eigenvalue weighted by Gasteiger charge is 2.30. The van der Waals surface area contributed by atoms with Gasteiger partial charge in [0.15, 0.2) is 5.78 Å². The van der Waals surface area contributed by atoms with Crippen LogP contribution in [0.5, 0.6) is 0 Å². The summed E-state index contributed by atoms with van der Waals surface area (Å²) in [6.45, 7) is 1.87. The summed E-state index contributed by atoms with van der Waals surface area (Å²) in [6, 6.07) is 7.74.